The van der Waals surface area contributed by atoms with E-state index >= 15 is 0 Å². The molecule has 0 saturated heterocycles. The van der Waals surface area contributed by atoms with E-state index in [1.165, 1.54) is 0 Å². The van der Waals surface area contributed by atoms with Crippen molar-refractivity contribution in [1.82, 2.24) is 0 Å². The lowest BCUT2D eigenvalue weighted by Crippen LogP contribution is -2.08. The van der Waals surface area contributed by atoms with Gasteiger partial charge in [-0.25, -0.2) is 4.21 Å². The number of carbonyl (C=O) groups is 1. The largest absolute Gasteiger partial charge is 0.466 e. The Morgan fingerprint density at radius 3 is 2.64 bits per heavy atom. The lowest BCUT2D eigenvalue weighted by Gasteiger charge is -2.05. The summed E-state index contributed by atoms with van der Waals surface area (Å²) < 4.78 is 23.6. The lowest BCUT2D eigenvalue weighted by molar-refractivity contribution is -0.143. The van der Waals surface area contributed by atoms with Crippen LogP contribution in [0.1, 0.15) is 33.1 Å². The maximum atomic E-state index is 11.0. The third-order valence-corrected chi connectivity index (χ3v) is 2.30. The van der Waals surface area contributed by atoms with Crippen molar-refractivity contribution in [3.8, 4) is 0 Å². The van der Waals surface area contributed by atoms with Crippen LogP contribution in [0, 0.1) is 5.92 Å². The number of rotatable bonds is 7. The van der Waals surface area contributed by atoms with Gasteiger partial charge in [-0.2, -0.15) is 0 Å². The van der Waals surface area contributed by atoms with Crippen LogP contribution in [0.4, 0.5) is 0 Å². The van der Waals surface area contributed by atoms with Gasteiger partial charge in [-0.15, -0.1) is 0 Å². The van der Waals surface area contributed by atoms with Crippen LogP contribution in [0.3, 0.4) is 0 Å². The molecule has 0 amide bonds. The first kappa shape index (κ1) is 13.6. The molecule has 0 aromatic rings. The van der Waals surface area contributed by atoms with E-state index in [0.717, 1.165) is 6.42 Å². The molecule has 0 aliphatic rings. The Balaban J connectivity index is 3.33. The minimum atomic E-state index is -1.80. The molecule has 4 nitrogen and oxygen atoms in total. The Bertz CT molecular complexity index is 191. The van der Waals surface area contributed by atoms with Crippen molar-refractivity contribution in [2.45, 2.75) is 33.1 Å². The van der Waals surface area contributed by atoms with E-state index in [1.807, 2.05) is 0 Å². The zero-order chi connectivity index (χ0) is 11.0. The van der Waals surface area contributed by atoms with E-state index in [1.54, 1.807) is 0 Å². The number of esters is 1. The number of carbonyl (C=O) groups excluding carboxylic acids is 1. The first-order chi connectivity index (χ1) is 6.52. The highest BCUT2D eigenvalue weighted by Gasteiger charge is 2.04. The van der Waals surface area contributed by atoms with Gasteiger partial charge in [0.15, 0.2) is 11.1 Å². The highest BCUT2D eigenvalue weighted by Crippen LogP contribution is 2.01. The third kappa shape index (κ3) is 9.67. The molecule has 0 rings (SSSR count). The minimum absolute atomic E-state index is 0.138. The standard InChI is InChI=1S/C9H18O4S/c1-8(2)5-6-13-9(10)4-3-7-14(11)12/h8H,3-7H2,1-2H3,(H,11,12). The molecule has 5 heteroatoms. The van der Waals surface area contributed by atoms with Crippen LogP contribution >= 0.6 is 0 Å². The van der Waals surface area contributed by atoms with Gasteiger partial charge in [-0.05, 0) is 18.8 Å². The highest BCUT2D eigenvalue weighted by molar-refractivity contribution is 7.79. The van der Waals surface area contributed by atoms with Crippen molar-refractivity contribution in [3.05, 3.63) is 0 Å². The van der Waals surface area contributed by atoms with Crippen molar-refractivity contribution in [3.63, 3.8) is 0 Å². The van der Waals surface area contributed by atoms with Gasteiger partial charge in [-0.3, -0.25) is 4.79 Å². The summed E-state index contributed by atoms with van der Waals surface area (Å²) in [7, 11) is 0. The van der Waals surface area contributed by atoms with E-state index in [4.69, 9.17) is 9.29 Å². The molecule has 0 saturated carbocycles. The van der Waals surface area contributed by atoms with Crippen molar-refractivity contribution in [2.75, 3.05) is 12.4 Å². The van der Waals surface area contributed by atoms with Gasteiger partial charge in [0.2, 0.25) is 0 Å². The van der Waals surface area contributed by atoms with E-state index in [2.05, 4.69) is 13.8 Å². The first-order valence-electron chi connectivity index (χ1n) is 4.75. The number of hydrogen-bond donors (Lipinski definition) is 1. The summed E-state index contributed by atoms with van der Waals surface area (Å²) in [6, 6.07) is 0. The fraction of sp³-hybridized carbons (Fsp3) is 0.889. The summed E-state index contributed by atoms with van der Waals surface area (Å²) in [6.45, 7) is 4.56. The Hall–Kier alpha value is -0.420. The molecule has 0 fully saturated rings. The van der Waals surface area contributed by atoms with Crippen LogP contribution in [0.5, 0.6) is 0 Å². The van der Waals surface area contributed by atoms with Crippen LogP contribution in [0.25, 0.3) is 0 Å². The molecule has 0 aliphatic heterocycles. The molecule has 84 valence electrons. The third-order valence-electron chi connectivity index (χ3n) is 1.66. The van der Waals surface area contributed by atoms with Crippen molar-refractivity contribution in [2.24, 2.45) is 5.92 Å². The molecule has 0 aliphatic carbocycles. The van der Waals surface area contributed by atoms with Crippen LogP contribution < -0.4 is 0 Å². The van der Waals surface area contributed by atoms with Gasteiger partial charge in [0.25, 0.3) is 0 Å². The molecule has 0 heterocycles. The summed E-state index contributed by atoms with van der Waals surface area (Å²) >= 11 is -1.80. The summed E-state index contributed by atoms with van der Waals surface area (Å²) in [6.07, 6.45) is 1.49. The molecule has 0 aromatic carbocycles. The fourth-order valence-corrected chi connectivity index (χ4v) is 1.21. The molecule has 1 atom stereocenters. The van der Waals surface area contributed by atoms with E-state index in [9.17, 15) is 9.00 Å². The Kier molecular flexibility index (Phi) is 7.70. The number of ether oxygens (including phenoxy) is 1. The Morgan fingerprint density at radius 2 is 2.14 bits per heavy atom. The minimum Gasteiger partial charge on any atom is -0.466 e. The molecule has 0 aromatic heterocycles. The van der Waals surface area contributed by atoms with Crippen LogP contribution in [-0.4, -0.2) is 27.1 Å². The molecule has 0 bridgehead atoms. The topological polar surface area (TPSA) is 63.6 Å². The SMILES string of the molecule is CC(C)CCOC(=O)CCCS(=O)O. The maximum Gasteiger partial charge on any atom is 0.305 e. The molecular formula is C9H18O4S. The smallest absolute Gasteiger partial charge is 0.305 e. The summed E-state index contributed by atoms with van der Waals surface area (Å²) in [4.78, 5) is 11.0. The predicted molar refractivity (Wildman–Crippen MR) is 55.3 cm³/mol. The second-order valence-corrected chi connectivity index (χ2v) is 4.58. The van der Waals surface area contributed by atoms with Gasteiger partial charge in [-0.1, -0.05) is 13.8 Å². The molecule has 14 heavy (non-hydrogen) atoms. The fourth-order valence-electron chi connectivity index (χ4n) is 0.821. The molecule has 1 unspecified atom stereocenters. The van der Waals surface area contributed by atoms with Gasteiger partial charge in [0, 0.05) is 12.2 Å². The normalized spacial score (nSPS) is 12.9. The van der Waals surface area contributed by atoms with E-state index in [0.29, 0.717) is 18.9 Å². The van der Waals surface area contributed by atoms with Gasteiger partial charge < -0.3 is 9.29 Å². The van der Waals surface area contributed by atoms with Crippen LogP contribution in [-0.2, 0) is 20.6 Å². The second kappa shape index (κ2) is 7.94. The predicted octanol–water partition coefficient (Wildman–Crippen LogP) is 1.58. The highest BCUT2D eigenvalue weighted by atomic mass is 32.2. The Morgan fingerprint density at radius 1 is 1.50 bits per heavy atom. The second-order valence-electron chi connectivity index (χ2n) is 3.53. The zero-order valence-corrected chi connectivity index (χ0v) is 9.51. The molecule has 1 N–H and O–H groups in total. The summed E-state index contributed by atoms with van der Waals surface area (Å²) in [5, 5.41) is 0. The maximum absolute atomic E-state index is 11.0. The summed E-state index contributed by atoms with van der Waals surface area (Å²) in [5.74, 6) is 0.378. The average molecular weight is 222 g/mol. The zero-order valence-electron chi connectivity index (χ0n) is 8.69. The van der Waals surface area contributed by atoms with Crippen molar-refractivity contribution in [1.29, 1.82) is 0 Å². The molecule has 0 radical (unpaired) electrons. The Labute approximate surface area is 87.3 Å². The van der Waals surface area contributed by atoms with Gasteiger partial charge in [0.1, 0.15) is 0 Å². The first-order valence-corrected chi connectivity index (χ1v) is 6.03. The van der Waals surface area contributed by atoms with E-state index < -0.39 is 11.1 Å². The van der Waals surface area contributed by atoms with Gasteiger partial charge in [0.05, 0.1) is 6.61 Å². The van der Waals surface area contributed by atoms with Crippen molar-refractivity contribution < 1.29 is 18.3 Å². The van der Waals surface area contributed by atoms with E-state index in [-0.39, 0.29) is 18.1 Å². The lowest BCUT2D eigenvalue weighted by atomic mass is 10.1. The van der Waals surface area contributed by atoms with Crippen LogP contribution in [0.15, 0.2) is 0 Å². The number of hydrogen-bond acceptors (Lipinski definition) is 3. The van der Waals surface area contributed by atoms with Crippen molar-refractivity contribution >= 4 is 17.0 Å². The summed E-state index contributed by atoms with van der Waals surface area (Å²) in [5.41, 5.74) is 0. The van der Waals surface area contributed by atoms with Crippen LogP contribution in [0.2, 0.25) is 0 Å². The van der Waals surface area contributed by atoms with Gasteiger partial charge >= 0.3 is 5.97 Å². The quantitative estimate of drug-likeness (QED) is 0.524. The average Bonchev–Trinajstić information content (AvgIpc) is 2.02. The molecular weight excluding hydrogens is 204 g/mol. The molecule has 0 spiro atoms. The monoisotopic (exact) mass is 222 g/mol.